The van der Waals surface area contributed by atoms with Gasteiger partial charge in [0.2, 0.25) is 0 Å². The third-order valence-electron chi connectivity index (χ3n) is 3.27. The number of nitrogens with one attached hydrogen (secondary N) is 1. The van der Waals surface area contributed by atoms with Crippen LogP contribution < -0.4 is 5.32 Å². The Bertz CT molecular complexity index is 653. The molecule has 0 aliphatic carbocycles. The minimum atomic E-state index is 0. The van der Waals surface area contributed by atoms with Crippen LogP contribution >= 0.6 is 46.9 Å². The van der Waals surface area contributed by atoms with E-state index in [1.165, 1.54) is 4.88 Å². The number of aryl methyl sites for hydroxylation is 1. The fourth-order valence-electron chi connectivity index (χ4n) is 1.95. The summed E-state index contributed by atoms with van der Waals surface area (Å²) in [5.41, 5.74) is 0. The average molecular weight is 469 g/mol. The Kier molecular flexibility index (Phi) is 8.27. The summed E-state index contributed by atoms with van der Waals surface area (Å²) in [7, 11) is 3.96. The van der Waals surface area contributed by atoms with Crippen LogP contribution in [0.15, 0.2) is 17.1 Å². The maximum Gasteiger partial charge on any atom is 0.194 e. The Balaban J connectivity index is 0.00000264. The summed E-state index contributed by atoms with van der Waals surface area (Å²) in [6.07, 6.45) is 0. The Hall–Kier alpha value is -0.870. The fraction of sp³-hybridized carbons (Fsp3) is 0.500. The lowest BCUT2D eigenvalue weighted by atomic mass is 10.4. The van der Waals surface area contributed by atoms with Crippen molar-refractivity contribution in [2.45, 2.75) is 26.9 Å². The molecule has 0 radical (unpaired) electrons. The van der Waals surface area contributed by atoms with Gasteiger partial charge in [0.05, 0.1) is 10.9 Å². The summed E-state index contributed by atoms with van der Waals surface area (Å²) < 4.78 is 2.76. The van der Waals surface area contributed by atoms with Gasteiger partial charge in [-0.15, -0.1) is 45.5 Å². The molecule has 23 heavy (non-hydrogen) atoms. The van der Waals surface area contributed by atoms with Crippen molar-refractivity contribution in [3.8, 4) is 0 Å². The Labute approximate surface area is 163 Å². The van der Waals surface area contributed by atoms with Crippen LogP contribution in [-0.4, -0.2) is 39.2 Å². The number of rotatable bonds is 5. The Morgan fingerprint density at radius 2 is 2.17 bits per heavy atom. The molecule has 6 nitrogen and oxygen atoms in total. The van der Waals surface area contributed by atoms with Gasteiger partial charge in [-0.25, -0.2) is 4.99 Å². The third kappa shape index (κ3) is 5.61. The van der Waals surface area contributed by atoms with Gasteiger partial charge in [-0.1, -0.05) is 11.6 Å². The Morgan fingerprint density at radius 1 is 1.43 bits per heavy atom. The zero-order valence-corrected chi connectivity index (χ0v) is 17.6. The molecule has 0 saturated heterocycles. The molecule has 1 N–H and O–H groups in total. The lowest BCUT2D eigenvalue weighted by molar-refractivity contribution is 0.480. The fourth-order valence-corrected chi connectivity index (χ4v) is 3.09. The summed E-state index contributed by atoms with van der Waals surface area (Å²) >= 11 is 7.57. The maximum atomic E-state index is 5.98. The van der Waals surface area contributed by atoms with Crippen molar-refractivity contribution >= 4 is 52.9 Å². The molecule has 0 spiro atoms. The molecule has 0 atom stereocenters. The van der Waals surface area contributed by atoms with Crippen molar-refractivity contribution in [3.63, 3.8) is 0 Å². The number of hydrogen-bond donors (Lipinski definition) is 1. The molecule has 0 bridgehead atoms. The van der Waals surface area contributed by atoms with Crippen molar-refractivity contribution in [1.29, 1.82) is 0 Å². The first-order valence-corrected chi connectivity index (χ1v) is 8.29. The largest absolute Gasteiger partial charge is 0.357 e. The van der Waals surface area contributed by atoms with E-state index < -0.39 is 0 Å². The molecule has 0 fully saturated rings. The zero-order valence-electron chi connectivity index (χ0n) is 13.7. The van der Waals surface area contributed by atoms with Gasteiger partial charge in [0.25, 0.3) is 0 Å². The van der Waals surface area contributed by atoms with Gasteiger partial charge >= 0.3 is 0 Å². The second-order valence-electron chi connectivity index (χ2n) is 4.95. The normalized spacial score (nSPS) is 11.3. The molecule has 0 aromatic carbocycles. The predicted octanol–water partition coefficient (Wildman–Crippen LogP) is 3.05. The number of aromatic nitrogens is 3. The molecule has 0 unspecified atom stereocenters. The van der Waals surface area contributed by atoms with Gasteiger partial charge < -0.3 is 14.8 Å². The van der Waals surface area contributed by atoms with Crippen LogP contribution in [0.2, 0.25) is 4.34 Å². The standard InChI is InChI=1S/C14H21ClN6S.HI/c1-5-16-14(17-8-13-19-18-10(2)21(13)4)20(3)9-11-6-7-12(15)22-11;/h6-7H,5,8-9H2,1-4H3,(H,16,17);1H. The monoisotopic (exact) mass is 468 g/mol. The van der Waals surface area contributed by atoms with Crippen molar-refractivity contribution in [2.24, 2.45) is 12.0 Å². The minimum Gasteiger partial charge on any atom is -0.357 e. The number of guanidine groups is 1. The van der Waals surface area contributed by atoms with E-state index in [-0.39, 0.29) is 24.0 Å². The second kappa shape index (κ2) is 9.43. The van der Waals surface area contributed by atoms with E-state index in [0.717, 1.165) is 35.0 Å². The summed E-state index contributed by atoms with van der Waals surface area (Å²) in [5.74, 6) is 2.57. The van der Waals surface area contributed by atoms with Gasteiger partial charge in [0.15, 0.2) is 11.8 Å². The van der Waals surface area contributed by atoms with E-state index in [4.69, 9.17) is 11.6 Å². The molecule has 2 aromatic rings. The van der Waals surface area contributed by atoms with Crippen LogP contribution in [0.5, 0.6) is 0 Å². The first-order chi connectivity index (χ1) is 10.5. The molecule has 0 aliphatic heterocycles. The van der Waals surface area contributed by atoms with E-state index in [1.807, 2.05) is 37.7 Å². The van der Waals surface area contributed by atoms with Crippen molar-refractivity contribution in [3.05, 3.63) is 33.0 Å². The lowest BCUT2D eigenvalue weighted by Gasteiger charge is -2.21. The van der Waals surface area contributed by atoms with Crippen LogP contribution in [0.25, 0.3) is 0 Å². The summed E-state index contributed by atoms with van der Waals surface area (Å²) in [6.45, 7) is 6.05. The molecule has 9 heteroatoms. The van der Waals surface area contributed by atoms with Crippen LogP contribution in [0.1, 0.15) is 23.4 Å². The first kappa shape index (κ1) is 20.2. The Morgan fingerprint density at radius 3 is 2.70 bits per heavy atom. The molecule has 2 aromatic heterocycles. The maximum absolute atomic E-state index is 5.98. The summed E-state index contributed by atoms with van der Waals surface area (Å²) in [6, 6.07) is 3.96. The lowest BCUT2D eigenvalue weighted by Crippen LogP contribution is -2.38. The van der Waals surface area contributed by atoms with E-state index >= 15 is 0 Å². The van der Waals surface area contributed by atoms with Crippen molar-refractivity contribution in [1.82, 2.24) is 25.0 Å². The number of hydrogen-bond acceptors (Lipinski definition) is 4. The highest BCUT2D eigenvalue weighted by Crippen LogP contribution is 2.22. The molecular weight excluding hydrogens is 447 g/mol. The molecule has 0 amide bonds. The SMILES string of the molecule is CCNC(=NCc1nnc(C)n1C)N(C)Cc1ccc(Cl)s1.I. The van der Waals surface area contributed by atoms with Gasteiger partial charge in [0, 0.05) is 25.5 Å². The second-order valence-corrected chi connectivity index (χ2v) is 6.75. The van der Waals surface area contributed by atoms with Crippen LogP contribution in [0.3, 0.4) is 0 Å². The van der Waals surface area contributed by atoms with Crippen LogP contribution in [-0.2, 0) is 20.1 Å². The molecular formula is C14H22ClIN6S. The quantitative estimate of drug-likeness (QED) is 0.416. The van der Waals surface area contributed by atoms with Gasteiger partial charge in [-0.05, 0) is 26.0 Å². The van der Waals surface area contributed by atoms with Gasteiger partial charge in [-0.3, -0.25) is 0 Å². The number of nitrogens with zero attached hydrogens (tertiary/aromatic N) is 5. The van der Waals surface area contributed by atoms with E-state index in [0.29, 0.717) is 6.54 Å². The zero-order chi connectivity index (χ0) is 16.1. The van der Waals surface area contributed by atoms with Crippen LogP contribution in [0.4, 0.5) is 0 Å². The van der Waals surface area contributed by atoms with Gasteiger partial charge in [-0.2, -0.15) is 0 Å². The highest BCUT2D eigenvalue weighted by atomic mass is 127. The third-order valence-corrected chi connectivity index (χ3v) is 4.49. The average Bonchev–Trinajstić information content (AvgIpc) is 3.03. The summed E-state index contributed by atoms with van der Waals surface area (Å²) in [4.78, 5) is 7.92. The highest BCUT2D eigenvalue weighted by Gasteiger charge is 2.10. The summed E-state index contributed by atoms with van der Waals surface area (Å²) in [5, 5.41) is 11.5. The number of aliphatic imine (C=N–C) groups is 1. The van der Waals surface area contributed by atoms with Crippen molar-refractivity contribution < 1.29 is 0 Å². The molecule has 128 valence electrons. The van der Waals surface area contributed by atoms with E-state index in [1.54, 1.807) is 11.3 Å². The molecule has 0 saturated carbocycles. The number of halogens is 2. The van der Waals surface area contributed by atoms with Crippen LogP contribution in [0, 0.1) is 6.92 Å². The van der Waals surface area contributed by atoms with E-state index in [2.05, 4.69) is 32.3 Å². The minimum absolute atomic E-state index is 0. The number of thiophene rings is 1. The van der Waals surface area contributed by atoms with E-state index in [9.17, 15) is 0 Å². The smallest absolute Gasteiger partial charge is 0.194 e. The first-order valence-electron chi connectivity index (χ1n) is 7.09. The molecule has 2 heterocycles. The van der Waals surface area contributed by atoms with Crippen molar-refractivity contribution in [2.75, 3.05) is 13.6 Å². The topological polar surface area (TPSA) is 58.3 Å². The van der Waals surface area contributed by atoms with Gasteiger partial charge in [0.1, 0.15) is 12.4 Å². The molecule has 0 aliphatic rings. The highest BCUT2D eigenvalue weighted by molar-refractivity contribution is 14.0. The predicted molar refractivity (Wildman–Crippen MR) is 107 cm³/mol. The molecule has 2 rings (SSSR count).